The lowest BCUT2D eigenvalue weighted by molar-refractivity contribution is -0.142. The molecule has 0 aliphatic rings. The summed E-state index contributed by atoms with van der Waals surface area (Å²) in [6.07, 6.45) is 3.27. The molecule has 1 rings (SSSR count). The van der Waals surface area contributed by atoms with Gasteiger partial charge in [-0.2, -0.15) is 0 Å². The van der Waals surface area contributed by atoms with Gasteiger partial charge in [0.25, 0.3) is 0 Å². The van der Waals surface area contributed by atoms with E-state index in [4.69, 9.17) is 5.73 Å². The molecule has 0 saturated heterocycles. The van der Waals surface area contributed by atoms with Crippen molar-refractivity contribution in [2.45, 2.75) is 38.6 Å². The van der Waals surface area contributed by atoms with Gasteiger partial charge in [0, 0.05) is 0 Å². The largest absolute Gasteiger partial charge is 0.508 e. The van der Waals surface area contributed by atoms with Gasteiger partial charge in [0.05, 0.1) is 7.11 Å². The molecule has 0 saturated carbocycles. The lowest BCUT2D eigenvalue weighted by Gasteiger charge is -2.18. The van der Waals surface area contributed by atoms with E-state index in [0.717, 1.165) is 24.8 Å². The molecule has 0 amide bonds. The summed E-state index contributed by atoms with van der Waals surface area (Å²) in [4.78, 5) is 11.3. The molecule has 0 spiro atoms. The van der Waals surface area contributed by atoms with Crippen molar-refractivity contribution in [1.29, 1.82) is 0 Å². The van der Waals surface area contributed by atoms with E-state index >= 15 is 0 Å². The number of benzene rings is 1. The Balaban J connectivity index is 2.49. The van der Waals surface area contributed by atoms with E-state index in [1.165, 1.54) is 7.11 Å². The first-order valence-corrected chi connectivity index (χ1v) is 6.68. The van der Waals surface area contributed by atoms with Crippen LogP contribution >= 0.6 is 0 Å². The minimum Gasteiger partial charge on any atom is -0.508 e. The van der Waals surface area contributed by atoms with Gasteiger partial charge in [-0.15, -0.1) is 0 Å². The van der Waals surface area contributed by atoms with Gasteiger partial charge in [0.15, 0.2) is 0 Å². The highest BCUT2D eigenvalue weighted by Gasteiger charge is 2.19. The van der Waals surface area contributed by atoms with E-state index in [9.17, 15) is 9.90 Å². The quantitative estimate of drug-likeness (QED) is 0.742. The summed E-state index contributed by atoms with van der Waals surface area (Å²) in [7, 11) is 1.35. The van der Waals surface area contributed by atoms with Crippen LogP contribution in [0.4, 0.5) is 0 Å². The third kappa shape index (κ3) is 4.91. The van der Waals surface area contributed by atoms with E-state index in [1.807, 2.05) is 18.2 Å². The first-order valence-electron chi connectivity index (χ1n) is 6.68. The van der Waals surface area contributed by atoms with Gasteiger partial charge in [-0.05, 0) is 36.8 Å². The number of hydrogen-bond acceptors (Lipinski definition) is 4. The standard InChI is InChI=1S/C15H23NO3/c1-3-11(10-13(16)15(18)19-2)8-9-12-6-4-5-7-14(12)17/h4-7,11,13,17H,3,8-10,16H2,1-2H3. The highest BCUT2D eigenvalue weighted by molar-refractivity contribution is 5.75. The van der Waals surface area contributed by atoms with Crippen molar-refractivity contribution >= 4 is 5.97 Å². The van der Waals surface area contributed by atoms with Crippen LogP contribution in [0.2, 0.25) is 0 Å². The molecule has 0 aromatic heterocycles. The highest BCUT2D eigenvalue weighted by Crippen LogP contribution is 2.22. The highest BCUT2D eigenvalue weighted by atomic mass is 16.5. The number of carbonyl (C=O) groups excluding carboxylic acids is 1. The van der Waals surface area contributed by atoms with Crippen LogP contribution in [0.5, 0.6) is 5.75 Å². The number of phenolic OH excluding ortho intramolecular Hbond substituents is 1. The lowest BCUT2D eigenvalue weighted by atomic mass is 9.91. The molecule has 2 unspecified atom stereocenters. The first kappa shape index (κ1) is 15.5. The fourth-order valence-electron chi connectivity index (χ4n) is 2.18. The Hall–Kier alpha value is -1.55. The molecule has 1 aromatic rings. The minimum atomic E-state index is -0.556. The molecule has 0 bridgehead atoms. The molecule has 0 aliphatic carbocycles. The van der Waals surface area contributed by atoms with E-state index in [2.05, 4.69) is 11.7 Å². The van der Waals surface area contributed by atoms with E-state index < -0.39 is 6.04 Å². The number of para-hydroxylation sites is 1. The van der Waals surface area contributed by atoms with Crippen molar-refractivity contribution in [3.8, 4) is 5.75 Å². The van der Waals surface area contributed by atoms with Gasteiger partial charge >= 0.3 is 5.97 Å². The summed E-state index contributed by atoms with van der Waals surface area (Å²) in [5, 5.41) is 9.71. The molecular weight excluding hydrogens is 242 g/mol. The van der Waals surface area contributed by atoms with Crippen LogP contribution in [0.25, 0.3) is 0 Å². The summed E-state index contributed by atoms with van der Waals surface area (Å²) in [6, 6.07) is 6.78. The third-order valence-electron chi connectivity index (χ3n) is 3.48. The number of esters is 1. The van der Waals surface area contributed by atoms with Gasteiger partial charge in [0.2, 0.25) is 0 Å². The fourth-order valence-corrected chi connectivity index (χ4v) is 2.18. The Bertz CT molecular complexity index is 406. The Morgan fingerprint density at radius 3 is 2.68 bits per heavy atom. The van der Waals surface area contributed by atoms with Gasteiger partial charge in [-0.3, -0.25) is 4.79 Å². The van der Waals surface area contributed by atoms with Crippen molar-refractivity contribution in [3.05, 3.63) is 29.8 Å². The number of phenols is 1. The molecule has 106 valence electrons. The Morgan fingerprint density at radius 1 is 1.42 bits per heavy atom. The number of rotatable bonds is 7. The summed E-state index contributed by atoms with van der Waals surface area (Å²) < 4.78 is 4.64. The van der Waals surface area contributed by atoms with Gasteiger partial charge < -0.3 is 15.6 Å². The molecule has 0 fully saturated rings. The second kappa shape index (κ2) is 7.79. The number of nitrogens with two attached hydrogens (primary N) is 1. The number of hydrogen-bond donors (Lipinski definition) is 2. The number of aromatic hydroxyl groups is 1. The average molecular weight is 265 g/mol. The zero-order valence-electron chi connectivity index (χ0n) is 11.6. The van der Waals surface area contributed by atoms with Crippen LogP contribution in [-0.4, -0.2) is 24.2 Å². The topological polar surface area (TPSA) is 72.5 Å². The van der Waals surface area contributed by atoms with Crippen LogP contribution in [0.15, 0.2) is 24.3 Å². The van der Waals surface area contributed by atoms with Crippen molar-refractivity contribution in [2.75, 3.05) is 7.11 Å². The molecule has 4 heteroatoms. The molecule has 2 atom stereocenters. The second-order valence-electron chi connectivity index (χ2n) is 4.81. The normalized spacial score (nSPS) is 13.8. The van der Waals surface area contributed by atoms with E-state index in [-0.39, 0.29) is 5.97 Å². The zero-order valence-corrected chi connectivity index (χ0v) is 11.6. The molecule has 0 radical (unpaired) electrons. The summed E-state index contributed by atoms with van der Waals surface area (Å²) in [5.74, 6) is 0.323. The van der Waals surface area contributed by atoms with Crippen molar-refractivity contribution < 1.29 is 14.6 Å². The van der Waals surface area contributed by atoms with Crippen LogP contribution < -0.4 is 5.73 Å². The number of aryl methyl sites for hydroxylation is 1. The van der Waals surface area contributed by atoms with Gasteiger partial charge in [-0.1, -0.05) is 31.5 Å². The maximum Gasteiger partial charge on any atom is 0.322 e. The van der Waals surface area contributed by atoms with Crippen LogP contribution in [0.3, 0.4) is 0 Å². The average Bonchev–Trinajstić information content (AvgIpc) is 2.43. The molecule has 4 nitrogen and oxygen atoms in total. The smallest absolute Gasteiger partial charge is 0.322 e. The second-order valence-corrected chi connectivity index (χ2v) is 4.81. The Labute approximate surface area is 114 Å². The zero-order chi connectivity index (χ0) is 14.3. The Morgan fingerprint density at radius 2 is 2.11 bits per heavy atom. The third-order valence-corrected chi connectivity index (χ3v) is 3.48. The summed E-state index contributed by atoms with van der Waals surface area (Å²) in [6.45, 7) is 2.08. The van der Waals surface area contributed by atoms with Crippen molar-refractivity contribution in [1.82, 2.24) is 0 Å². The molecule has 19 heavy (non-hydrogen) atoms. The SMILES string of the molecule is CCC(CCc1ccccc1O)CC(N)C(=O)OC. The number of ether oxygens (including phenoxy) is 1. The summed E-state index contributed by atoms with van der Waals surface area (Å²) in [5.41, 5.74) is 6.72. The maximum atomic E-state index is 11.3. The summed E-state index contributed by atoms with van der Waals surface area (Å²) >= 11 is 0. The van der Waals surface area contributed by atoms with Crippen LogP contribution in [-0.2, 0) is 16.0 Å². The van der Waals surface area contributed by atoms with Crippen molar-refractivity contribution in [2.24, 2.45) is 11.7 Å². The fraction of sp³-hybridized carbons (Fsp3) is 0.533. The van der Waals surface area contributed by atoms with Gasteiger partial charge in [-0.25, -0.2) is 0 Å². The van der Waals surface area contributed by atoms with E-state index in [1.54, 1.807) is 6.07 Å². The molecule has 3 N–H and O–H groups in total. The molecule has 0 aliphatic heterocycles. The Kier molecular flexibility index (Phi) is 6.36. The molecule has 0 heterocycles. The first-order chi connectivity index (χ1) is 9.08. The predicted molar refractivity (Wildman–Crippen MR) is 74.8 cm³/mol. The minimum absolute atomic E-state index is 0.328. The van der Waals surface area contributed by atoms with Crippen LogP contribution in [0, 0.1) is 5.92 Å². The monoisotopic (exact) mass is 265 g/mol. The van der Waals surface area contributed by atoms with Gasteiger partial charge in [0.1, 0.15) is 11.8 Å². The molecule has 1 aromatic carbocycles. The maximum absolute atomic E-state index is 11.3. The lowest BCUT2D eigenvalue weighted by Crippen LogP contribution is -2.33. The predicted octanol–water partition coefficient (Wildman–Crippen LogP) is 2.24. The van der Waals surface area contributed by atoms with Crippen LogP contribution in [0.1, 0.15) is 31.7 Å². The van der Waals surface area contributed by atoms with Crippen molar-refractivity contribution in [3.63, 3.8) is 0 Å². The molecular formula is C15H23NO3. The van der Waals surface area contributed by atoms with E-state index in [0.29, 0.717) is 18.1 Å². The number of carbonyl (C=O) groups is 1. The number of methoxy groups -OCH3 is 1.